The molecule has 14 nitrogen and oxygen atoms in total. The minimum absolute atomic E-state index is 0. The van der Waals surface area contributed by atoms with Crippen LogP contribution in [-0.2, 0) is 30.4 Å². The van der Waals surface area contributed by atoms with Crippen molar-refractivity contribution in [2.24, 2.45) is 0 Å². The Morgan fingerprint density at radius 2 is 1.75 bits per heavy atom. The average molecular weight is 589 g/mol. The zero-order valence-corrected chi connectivity index (χ0v) is 27.8. The van der Waals surface area contributed by atoms with Crippen molar-refractivity contribution in [3.63, 3.8) is 0 Å². The molecule has 182 valence electrons. The molecule has 1 atom stereocenters. The zero-order valence-electron chi connectivity index (χ0n) is 19.9. The molecule has 2 aromatic heterocycles. The zero-order chi connectivity index (χ0) is 25.1. The smallest absolute Gasteiger partial charge is 0.788 e. The molecule has 0 saturated heterocycles. The second kappa shape index (κ2) is 13.9. The van der Waals surface area contributed by atoms with E-state index in [-0.39, 0.29) is 109 Å². The molecule has 0 spiro atoms. The molecule has 0 unspecified atom stereocenters. The summed E-state index contributed by atoms with van der Waals surface area (Å²) < 4.78 is 37.6. The Hall–Kier alpha value is 0.0427. The molecule has 0 radical (unpaired) electrons. The number of phosphoric acid groups is 1. The average Bonchev–Trinajstić information content (AvgIpc) is 3.30. The van der Waals surface area contributed by atoms with Crippen molar-refractivity contribution >= 4 is 23.6 Å². The number of hydroxylamine groups is 1. The van der Waals surface area contributed by atoms with E-state index in [1.165, 1.54) is 35.1 Å². The predicted octanol–water partition coefficient (Wildman–Crippen LogP) is -7.43. The van der Waals surface area contributed by atoms with E-state index >= 15 is 0 Å². The summed E-state index contributed by atoms with van der Waals surface area (Å²) in [6.45, 7) is 0.768. The summed E-state index contributed by atoms with van der Waals surface area (Å²) in [6, 6.07) is 8.17. The fraction of sp³-hybridized carbons (Fsp3) is 0.278. The van der Waals surface area contributed by atoms with Gasteiger partial charge in [-0.05, 0) is 25.5 Å². The summed E-state index contributed by atoms with van der Waals surface area (Å²) in [4.78, 5) is 51.7. The molecule has 3 aromatic rings. The largest absolute Gasteiger partial charge is 1.00 e. The van der Waals surface area contributed by atoms with Crippen LogP contribution in [0.25, 0.3) is 16.9 Å². The van der Waals surface area contributed by atoms with Gasteiger partial charge in [0.05, 0.1) is 37.9 Å². The van der Waals surface area contributed by atoms with Gasteiger partial charge in [0, 0.05) is 24.4 Å². The summed E-state index contributed by atoms with van der Waals surface area (Å²) >= 11 is 0. The SMILES string of the molecule is C[C@@](CCn1cnc(-c2ccc(-n3nccn3)cc2)cc1=O)(C(=O)NOP(=O)([O-])[O-])S(C)(=O)=O.[K+].[K+]. The molecule has 0 fully saturated rings. The maximum absolute atomic E-state index is 12.6. The van der Waals surface area contributed by atoms with Crippen LogP contribution in [0.5, 0.6) is 0 Å². The number of hydrogen-bond acceptors (Lipinski definition) is 11. The van der Waals surface area contributed by atoms with Crippen molar-refractivity contribution in [2.45, 2.75) is 24.6 Å². The summed E-state index contributed by atoms with van der Waals surface area (Å²) in [5, 5.41) is 8.04. The van der Waals surface area contributed by atoms with Crippen LogP contribution in [0.2, 0.25) is 0 Å². The van der Waals surface area contributed by atoms with Crippen LogP contribution in [0.3, 0.4) is 0 Å². The first-order valence-electron chi connectivity index (χ1n) is 9.54. The van der Waals surface area contributed by atoms with Crippen molar-refractivity contribution in [1.82, 2.24) is 30.0 Å². The molecule has 0 bridgehead atoms. The molecule has 0 aliphatic rings. The molecule has 36 heavy (non-hydrogen) atoms. The number of amides is 1. The molecular weight excluding hydrogens is 569 g/mol. The minimum Gasteiger partial charge on any atom is -0.788 e. The molecule has 1 aromatic carbocycles. The molecular formula is C18H19K2N6O8PS. The van der Waals surface area contributed by atoms with E-state index in [4.69, 9.17) is 0 Å². The van der Waals surface area contributed by atoms with Crippen LogP contribution in [0.15, 0.2) is 53.8 Å². The summed E-state index contributed by atoms with van der Waals surface area (Å²) in [5.74, 6) is -1.37. The van der Waals surface area contributed by atoms with Gasteiger partial charge in [0.1, 0.15) is 0 Å². The van der Waals surface area contributed by atoms with Gasteiger partial charge in [-0.25, -0.2) is 23.5 Å². The topological polar surface area (TPSA) is 201 Å². The van der Waals surface area contributed by atoms with Gasteiger partial charge in [0.2, 0.25) is 0 Å². The monoisotopic (exact) mass is 588 g/mol. The van der Waals surface area contributed by atoms with Gasteiger partial charge in [-0.1, -0.05) is 12.1 Å². The first-order chi connectivity index (χ1) is 15.8. The van der Waals surface area contributed by atoms with Crippen molar-refractivity contribution in [3.05, 3.63) is 59.4 Å². The molecule has 1 amide bonds. The van der Waals surface area contributed by atoms with Crippen LogP contribution >= 0.6 is 7.82 Å². The number of hydrogen-bond donors (Lipinski definition) is 1. The van der Waals surface area contributed by atoms with E-state index in [0.717, 1.165) is 17.7 Å². The van der Waals surface area contributed by atoms with E-state index in [2.05, 4.69) is 19.8 Å². The number of aryl methyl sites for hydroxylation is 1. The molecule has 3 rings (SSSR count). The minimum atomic E-state index is -5.58. The molecule has 0 aliphatic heterocycles. The van der Waals surface area contributed by atoms with E-state index in [1.807, 2.05) is 0 Å². The number of carbonyl (C=O) groups is 1. The van der Waals surface area contributed by atoms with Crippen molar-refractivity contribution < 1.29 is 135 Å². The fourth-order valence-electron chi connectivity index (χ4n) is 2.87. The van der Waals surface area contributed by atoms with Crippen LogP contribution < -0.4 is 124 Å². The van der Waals surface area contributed by atoms with Crippen LogP contribution in [-0.4, -0.2) is 49.9 Å². The van der Waals surface area contributed by atoms with Crippen LogP contribution in [0.1, 0.15) is 13.3 Å². The van der Waals surface area contributed by atoms with Gasteiger partial charge < -0.3 is 14.4 Å². The quantitative estimate of drug-likeness (QED) is 0.141. The third-order valence-electron chi connectivity index (χ3n) is 5.07. The number of rotatable bonds is 9. The van der Waals surface area contributed by atoms with E-state index in [9.17, 15) is 32.4 Å². The van der Waals surface area contributed by atoms with E-state index in [1.54, 1.807) is 24.3 Å². The molecule has 0 aliphatic carbocycles. The number of benzene rings is 1. The number of carbonyl (C=O) groups excluding carboxylic acids is 1. The molecule has 1 N–H and O–H groups in total. The van der Waals surface area contributed by atoms with Gasteiger partial charge >= 0.3 is 103 Å². The first kappa shape index (κ1) is 34.1. The maximum atomic E-state index is 12.6. The van der Waals surface area contributed by atoms with Gasteiger partial charge in [-0.15, -0.1) is 0 Å². The standard InChI is InChI=1S/C18H21N6O8PS.2K/c1-18(34(2,30)31,17(26)22-32-33(27,28)29)7-10-23-12-19-15(11-16(23)25)13-3-5-14(6-4-13)24-20-8-9-21-24;;/h3-6,8-9,11-12H,7,10H2,1-2H3,(H,22,26)(H2,27,28,29);;/q;2*+1/p-2/t18-;;/m1../s1. The Morgan fingerprint density at radius 3 is 2.25 bits per heavy atom. The Bertz CT molecular complexity index is 1400. The third kappa shape index (κ3) is 8.79. The summed E-state index contributed by atoms with van der Waals surface area (Å²) in [7, 11) is -9.70. The maximum Gasteiger partial charge on any atom is 1.00 e. The number of aromatic nitrogens is 5. The van der Waals surface area contributed by atoms with Gasteiger partial charge in [-0.2, -0.15) is 15.0 Å². The number of sulfone groups is 1. The summed E-state index contributed by atoms with van der Waals surface area (Å²) in [5.41, 5.74) is 2.53. The van der Waals surface area contributed by atoms with E-state index < -0.39 is 40.3 Å². The van der Waals surface area contributed by atoms with Gasteiger partial charge in [-0.3, -0.25) is 14.2 Å². The molecule has 18 heteroatoms. The second-order valence-corrected chi connectivity index (χ2v) is 10.9. The normalized spacial score (nSPS) is 13.1. The van der Waals surface area contributed by atoms with Crippen molar-refractivity contribution in [1.29, 1.82) is 0 Å². The third-order valence-corrected chi connectivity index (χ3v) is 7.41. The Morgan fingerprint density at radius 1 is 1.17 bits per heavy atom. The Balaban J connectivity index is 0.00000324. The first-order valence-corrected chi connectivity index (χ1v) is 12.9. The second-order valence-electron chi connectivity index (χ2n) is 7.39. The van der Waals surface area contributed by atoms with E-state index in [0.29, 0.717) is 16.9 Å². The summed E-state index contributed by atoms with van der Waals surface area (Å²) in [6.07, 6.45) is 4.59. The van der Waals surface area contributed by atoms with Gasteiger partial charge in [0.25, 0.3) is 11.5 Å². The van der Waals surface area contributed by atoms with Crippen molar-refractivity contribution in [2.75, 3.05) is 6.26 Å². The number of nitrogens with one attached hydrogen (secondary N) is 1. The number of nitrogens with zero attached hydrogens (tertiary/aromatic N) is 5. The Kier molecular flexibility index (Phi) is 13.2. The predicted molar refractivity (Wildman–Crippen MR) is 114 cm³/mol. The van der Waals surface area contributed by atoms with Gasteiger partial charge in [0.15, 0.2) is 14.6 Å². The van der Waals surface area contributed by atoms with Crippen LogP contribution in [0.4, 0.5) is 0 Å². The molecule has 2 heterocycles. The van der Waals surface area contributed by atoms with Crippen LogP contribution in [0, 0.1) is 0 Å². The molecule has 0 saturated carbocycles. The van der Waals surface area contributed by atoms with Crippen molar-refractivity contribution in [3.8, 4) is 16.9 Å². The fourth-order valence-corrected chi connectivity index (χ4v) is 3.91. The Labute approximate surface area is 291 Å².